The van der Waals surface area contributed by atoms with Crippen molar-refractivity contribution in [3.63, 3.8) is 0 Å². The lowest BCUT2D eigenvalue weighted by Crippen LogP contribution is -2.20. The third-order valence-corrected chi connectivity index (χ3v) is 3.00. The lowest BCUT2D eigenvalue weighted by atomic mass is 10.1. The highest BCUT2D eigenvalue weighted by molar-refractivity contribution is 5.13. The number of hydrogen-bond donors (Lipinski definition) is 1. The SMILES string of the molecule is CC[C@@H]1C[C@@H](OCc2ccccc2)CN1. The Bertz CT molecular complexity index is 286. The molecule has 1 saturated heterocycles. The van der Waals surface area contributed by atoms with E-state index in [1.54, 1.807) is 0 Å². The second kappa shape index (κ2) is 5.29. The Labute approximate surface area is 91.6 Å². The summed E-state index contributed by atoms with van der Waals surface area (Å²) in [4.78, 5) is 0. The van der Waals surface area contributed by atoms with Gasteiger partial charge < -0.3 is 10.1 Å². The summed E-state index contributed by atoms with van der Waals surface area (Å²) in [6, 6.07) is 11.0. The van der Waals surface area contributed by atoms with Crippen LogP contribution in [0.5, 0.6) is 0 Å². The van der Waals surface area contributed by atoms with Gasteiger partial charge in [-0.3, -0.25) is 0 Å². The summed E-state index contributed by atoms with van der Waals surface area (Å²) < 4.78 is 5.86. The molecular weight excluding hydrogens is 186 g/mol. The van der Waals surface area contributed by atoms with E-state index in [9.17, 15) is 0 Å². The fourth-order valence-electron chi connectivity index (χ4n) is 2.01. The van der Waals surface area contributed by atoms with Gasteiger partial charge in [0, 0.05) is 12.6 Å². The minimum absolute atomic E-state index is 0.398. The second-order valence-electron chi connectivity index (χ2n) is 4.17. The van der Waals surface area contributed by atoms with Gasteiger partial charge in [-0.15, -0.1) is 0 Å². The van der Waals surface area contributed by atoms with Gasteiger partial charge in [-0.25, -0.2) is 0 Å². The first-order valence-electron chi connectivity index (χ1n) is 5.77. The van der Waals surface area contributed by atoms with Crippen molar-refractivity contribution in [2.75, 3.05) is 6.54 Å². The molecule has 2 heteroatoms. The molecule has 1 heterocycles. The molecule has 0 aliphatic carbocycles. The van der Waals surface area contributed by atoms with Crippen molar-refractivity contribution in [2.45, 2.75) is 38.5 Å². The Balaban J connectivity index is 1.75. The molecule has 0 saturated carbocycles. The first-order valence-corrected chi connectivity index (χ1v) is 5.77. The van der Waals surface area contributed by atoms with Gasteiger partial charge in [-0.2, -0.15) is 0 Å². The van der Waals surface area contributed by atoms with Crippen LogP contribution in [-0.2, 0) is 11.3 Å². The summed E-state index contributed by atoms with van der Waals surface area (Å²) in [6.07, 6.45) is 2.75. The molecule has 0 spiro atoms. The van der Waals surface area contributed by atoms with Crippen LogP contribution in [0.3, 0.4) is 0 Å². The zero-order chi connectivity index (χ0) is 10.5. The van der Waals surface area contributed by atoms with Crippen LogP contribution in [0, 0.1) is 0 Å². The molecule has 0 amide bonds. The molecule has 2 rings (SSSR count). The fraction of sp³-hybridized carbons (Fsp3) is 0.538. The van der Waals surface area contributed by atoms with E-state index in [1.807, 2.05) is 6.07 Å². The number of rotatable bonds is 4. The molecule has 15 heavy (non-hydrogen) atoms. The maximum absolute atomic E-state index is 5.86. The van der Waals surface area contributed by atoms with Crippen LogP contribution in [0.1, 0.15) is 25.3 Å². The Morgan fingerprint density at radius 2 is 2.13 bits per heavy atom. The summed E-state index contributed by atoms with van der Waals surface area (Å²) in [5.41, 5.74) is 1.26. The van der Waals surface area contributed by atoms with E-state index >= 15 is 0 Å². The molecule has 0 bridgehead atoms. The van der Waals surface area contributed by atoms with Crippen molar-refractivity contribution in [1.82, 2.24) is 5.32 Å². The van der Waals surface area contributed by atoms with Crippen LogP contribution in [0.4, 0.5) is 0 Å². The fourth-order valence-corrected chi connectivity index (χ4v) is 2.01. The topological polar surface area (TPSA) is 21.3 Å². The van der Waals surface area contributed by atoms with E-state index in [0.717, 1.165) is 19.6 Å². The molecule has 1 aromatic rings. The van der Waals surface area contributed by atoms with Crippen molar-refractivity contribution in [3.05, 3.63) is 35.9 Å². The minimum Gasteiger partial charge on any atom is -0.372 e. The van der Waals surface area contributed by atoms with Crippen molar-refractivity contribution < 1.29 is 4.74 Å². The molecule has 2 nitrogen and oxygen atoms in total. The maximum atomic E-state index is 5.86. The monoisotopic (exact) mass is 205 g/mol. The van der Waals surface area contributed by atoms with Gasteiger partial charge >= 0.3 is 0 Å². The first kappa shape index (κ1) is 10.7. The van der Waals surface area contributed by atoms with Crippen LogP contribution in [0.25, 0.3) is 0 Å². The Kier molecular flexibility index (Phi) is 3.75. The number of ether oxygens (including phenoxy) is 1. The quantitative estimate of drug-likeness (QED) is 0.814. The summed E-state index contributed by atoms with van der Waals surface area (Å²) in [5, 5.41) is 3.47. The number of hydrogen-bond acceptors (Lipinski definition) is 2. The average molecular weight is 205 g/mol. The summed E-state index contributed by atoms with van der Waals surface area (Å²) in [7, 11) is 0. The van der Waals surface area contributed by atoms with E-state index < -0.39 is 0 Å². The zero-order valence-electron chi connectivity index (χ0n) is 9.28. The summed E-state index contributed by atoms with van der Waals surface area (Å²) in [5.74, 6) is 0. The van der Waals surface area contributed by atoms with Crippen LogP contribution in [-0.4, -0.2) is 18.7 Å². The molecule has 0 aromatic heterocycles. The Morgan fingerprint density at radius 1 is 1.33 bits per heavy atom. The predicted molar refractivity (Wildman–Crippen MR) is 61.7 cm³/mol. The molecule has 2 atom stereocenters. The molecule has 0 unspecified atom stereocenters. The molecule has 1 aliphatic heterocycles. The average Bonchev–Trinajstić information content (AvgIpc) is 2.76. The highest BCUT2D eigenvalue weighted by atomic mass is 16.5. The third kappa shape index (κ3) is 3.05. The van der Waals surface area contributed by atoms with Crippen molar-refractivity contribution >= 4 is 0 Å². The van der Waals surface area contributed by atoms with Gasteiger partial charge in [0.15, 0.2) is 0 Å². The van der Waals surface area contributed by atoms with Gasteiger partial charge in [0.05, 0.1) is 12.7 Å². The standard InChI is InChI=1S/C13H19NO/c1-2-12-8-13(9-14-12)15-10-11-6-4-3-5-7-11/h3-7,12-14H,2,8-10H2,1H3/t12-,13-/m1/s1. The smallest absolute Gasteiger partial charge is 0.0721 e. The molecule has 82 valence electrons. The van der Waals surface area contributed by atoms with Gasteiger partial charge in [0.25, 0.3) is 0 Å². The molecule has 0 radical (unpaired) electrons. The molecular formula is C13H19NO. The largest absolute Gasteiger partial charge is 0.372 e. The van der Waals surface area contributed by atoms with E-state index in [4.69, 9.17) is 4.74 Å². The Morgan fingerprint density at radius 3 is 2.80 bits per heavy atom. The highest BCUT2D eigenvalue weighted by Crippen LogP contribution is 2.14. The van der Waals surface area contributed by atoms with Gasteiger partial charge in [-0.1, -0.05) is 37.3 Å². The molecule has 1 aromatic carbocycles. The van der Waals surface area contributed by atoms with Gasteiger partial charge in [0.1, 0.15) is 0 Å². The van der Waals surface area contributed by atoms with E-state index in [1.165, 1.54) is 12.0 Å². The van der Waals surface area contributed by atoms with E-state index in [0.29, 0.717) is 12.1 Å². The van der Waals surface area contributed by atoms with Crippen LogP contribution >= 0.6 is 0 Å². The second-order valence-corrected chi connectivity index (χ2v) is 4.17. The predicted octanol–water partition coefficient (Wildman–Crippen LogP) is 2.34. The highest BCUT2D eigenvalue weighted by Gasteiger charge is 2.22. The van der Waals surface area contributed by atoms with Crippen molar-refractivity contribution in [1.29, 1.82) is 0 Å². The molecule has 1 N–H and O–H groups in total. The normalized spacial score (nSPS) is 25.7. The van der Waals surface area contributed by atoms with Crippen LogP contribution < -0.4 is 5.32 Å². The lowest BCUT2D eigenvalue weighted by Gasteiger charge is -2.10. The van der Waals surface area contributed by atoms with Crippen LogP contribution in [0.15, 0.2) is 30.3 Å². The van der Waals surface area contributed by atoms with Gasteiger partial charge in [-0.05, 0) is 18.4 Å². The molecule has 1 fully saturated rings. The third-order valence-electron chi connectivity index (χ3n) is 3.00. The number of nitrogens with one attached hydrogen (secondary N) is 1. The lowest BCUT2D eigenvalue weighted by molar-refractivity contribution is 0.0525. The van der Waals surface area contributed by atoms with Gasteiger partial charge in [0.2, 0.25) is 0 Å². The van der Waals surface area contributed by atoms with Crippen molar-refractivity contribution in [3.8, 4) is 0 Å². The zero-order valence-corrected chi connectivity index (χ0v) is 9.28. The minimum atomic E-state index is 0.398. The summed E-state index contributed by atoms with van der Waals surface area (Å²) >= 11 is 0. The van der Waals surface area contributed by atoms with E-state index in [-0.39, 0.29) is 0 Å². The van der Waals surface area contributed by atoms with Crippen LogP contribution in [0.2, 0.25) is 0 Å². The molecule has 1 aliphatic rings. The maximum Gasteiger partial charge on any atom is 0.0721 e. The van der Waals surface area contributed by atoms with E-state index in [2.05, 4.69) is 36.5 Å². The van der Waals surface area contributed by atoms with Crippen molar-refractivity contribution in [2.24, 2.45) is 0 Å². The number of benzene rings is 1. The first-order chi connectivity index (χ1) is 7.38. The summed E-state index contributed by atoms with van der Waals surface area (Å²) in [6.45, 7) is 3.96. The Hall–Kier alpha value is -0.860.